The third-order valence-corrected chi connectivity index (χ3v) is 17.3. The second-order valence-corrected chi connectivity index (χ2v) is 24.3. The summed E-state index contributed by atoms with van der Waals surface area (Å²) in [6.07, 6.45) is 0. The summed E-state index contributed by atoms with van der Waals surface area (Å²) in [4.78, 5) is 2.72. The van der Waals surface area contributed by atoms with Gasteiger partial charge in [-0.25, -0.2) is 0 Å². The number of anilines is 2. The van der Waals surface area contributed by atoms with Crippen molar-refractivity contribution in [1.29, 1.82) is 0 Å². The van der Waals surface area contributed by atoms with E-state index in [1.54, 1.807) is 0 Å². The van der Waals surface area contributed by atoms with E-state index in [9.17, 15) is 0 Å². The number of thiophene rings is 2. The molecule has 2 aliphatic heterocycles. The van der Waals surface area contributed by atoms with Crippen LogP contribution in [0.25, 0.3) is 101 Å². The molecule has 0 amide bonds. The zero-order valence-corrected chi connectivity index (χ0v) is 40.5. The van der Waals surface area contributed by atoms with E-state index in [1.165, 1.54) is 123 Å². The SMILES string of the molecule is CC(C)(C)c1ccc(N2B3c4cc5c(cc4-n4c6ccc(C(C)(C)C)cc6c6c7oc8ccccc8c7c(c3c64)-c3cc4sc6ccc(C(C)(C)C)cc6c4cc32)sc2ccccc25)cc1. The fourth-order valence-electron chi connectivity index (χ4n) is 11.6. The molecule has 0 atom stereocenters. The van der Waals surface area contributed by atoms with E-state index in [4.69, 9.17) is 4.42 Å². The molecular formula is C60H49BN2OS2. The van der Waals surface area contributed by atoms with Crippen LogP contribution in [0.15, 0.2) is 138 Å². The largest absolute Gasteiger partial charge is 0.455 e. The molecule has 0 spiro atoms. The zero-order valence-electron chi connectivity index (χ0n) is 38.9. The number of para-hydroxylation sites is 1. The van der Waals surface area contributed by atoms with Crippen molar-refractivity contribution in [3.63, 3.8) is 0 Å². The smallest absolute Gasteiger partial charge is 0.333 e. The second-order valence-electron chi connectivity index (χ2n) is 22.1. The Bertz CT molecular complexity index is 4120. The van der Waals surface area contributed by atoms with Gasteiger partial charge in [0.1, 0.15) is 11.2 Å². The Hall–Kier alpha value is -6.34. The number of fused-ring (bicyclic) bond motifs is 19. The molecule has 6 heterocycles. The molecule has 0 N–H and O–H groups in total. The highest BCUT2D eigenvalue weighted by Gasteiger charge is 2.46. The Morgan fingerprint density at radius 3 is 1.83 bits per heavy atom. The quantitative estimate of drug-likeness (QED) is 0.153. The first-order valence-corrected chi connectivity index (χ1v) is 25.1. The number of hydrogen-bond acceptors (Lipinski definition) is 4. The summed E-state index contributed by atoms with van der Waals surface area (Å²) in [5.41, 5.74) is 17.3. The molecule has 4 aromatic heterocycles. The maximum absolute atomic E-state index is 7.27. The molecule has 66 heavy (non-hydrogen) atoms. The zero-order chi connectivity index (χ0) is 44.9. The van der Waals surface area contributed by atoms with Crippen LogP contribution in [0.1, 0.15) is 79.0 Å². The number of nitrogens with zero attached hydrogens (tertiary/aromatic N) is 2. The lowest BCUT2D eigenvalue weighted by atomic mass is 9.43. The highest BCUT2D eigenvalue weighted by atomic mass is 32.1. The van der Waals surface area contributed by atoms with Crippen molar-refractivity contribution in [3.8, 4) is 16.8 Å². The number of benzene rings is 8. The van der Waals surface area contributed by atoms with Gasteiger partial charge in [0.15, 0.2) is 0 Å². The molecule has 320 valence electrons. The van der Waals surface area contributed by atoms with Gasteiger partial charge in [-0.3, -0.25) is 0 Å². The standard InChI is InChI=1S/C60H49BN2OS2/c1-58(2,3)32-18-22-35(23-19-32)63-45-29-40-38-26-34(60(7,8)9)21-25-49(38)66-50(40)30-42(45)52-53-37-15-10-12-16-47(37)64-57(53)54-41-27-33(59(4,5)6)20-24-44(41)62-46-31-51-39(36-14-11-13-17-48(36)65-51)28-43(46)61(63)55(52)56(54)62/h10-31H,1-9H3. The Morgan fingerprint density at radius 2 is 1.09 bits per heavy atom. The van der Waals surface area contributed by atoms with Crippen LogP contribution in [0.2, 0.25) is 0 Å². The van der Waals surface area contributed by atoms with Crippen LogP contribution in [0.3, 0.4) is 0 Å². The summed E-state index contributed by atoms with van der Waals surface area (Å²) in [7, 11) is 0. The van der Waals surface area contributed by atoms with Crippen LogP contribution >= 0.6 is 22.7 Å². The van der Waals surface area contributed by atoms with Gasteiger partial charge in [0, 0.05) is 79.1 Å². The van der Waals surface area contributed by atoms with E-state index < -0.39 is 0 Å². The van der Waals surface area contributed by atoms with E-state index in [2.05, 4.69) is 205 Å². The van der Waals surface area contributed by atoms with E-state index in [-0.39, 0.29) is 23.1 Å². The fraction of sp³-hybridized carbons (Fsp3) is 0.200. The Labute approximate surface area is 393 Å². The fourth-order valence-corrected chi connectivity index (χ4v) is 13.8. The first-order chi connectivity index (χ1) is 31.6. The van der Waals surface area contributed by atoms with Crippen LogP contribution < -0.4 is 15.7 Å². The Balaban J connectivity index is 1.23. The van der Waals surface area contributed by atoms with Crippen LogP contribution in [-0.4, -0.2) is 11.4 Å². The minimum Gasteiger partial charge on any atom is -0.455 e. The predicted octanol–water partition coefficient (Wildman–Crippen LogP) is 16.5. The van der Waals surface area contributed by atoms with Gasteiger partial charge in [-0.2, -0.15) is 0 Å². The van der Waals surface area contributed by atoms with Crippen molar-refractivity contribution in [1.82, 2.24) is 4.57 Å². The lowest BCUT2D eigenvalue weighted by Gasteiger charge is -2.42. The average Bonchev–Trinajstić information content (AvgIpc) is 4.04. The van der Waals surface area contributed by atoms with Gasteiger partial charge in [0.05, 0.1) is 16.4 Å². The minimum atomic E-state index is -0.141. The average molecular weight is 889 g/mol. The van der Waals surface area contributed by atoms with E-state index in [1.807, 2.05) is 22.7 Å². The molecule has 2 aliphatic rings. The number of furan rings is 1. The maximum atomic E-state index is 7.27. The third kappa shape index (κ3) is 5.15. The Morgan fingerprint density at radius 1 is 0.485 bits per heavy atom. The monoisotopic (exact) mass is 888 g/mol. The molecule has 0 saturated heterocycles. The van der Waals surface area contributed by atoms with Crippen molar-refractivity contribution < 1.29 is 4.42 Å². The molecule has 0 aliphatic carbocycles. The van der Waals surface area contributed by atoms with Crippen molar-refractivity contribution in [3.05, 3.63) is 150 Å². The molecule has 6 heteroatoms. The van der Waals surface area contributed by atoms with Gasteiger partial charge in [0.2, 0.25) is 0 Å². The molecule has 0 saturated carbocycles. The van der Waals surface area contributed by atoms with Crippen LogP contribution in [0.5, 0.6) is 0 Å². The lowest BCUT2D eigenvalue weighted by molar-refractivity contribution is 0.590. The first-order valence-electron chi connectivity index (χ1n) is 23.4. The summed E-state index contributed by atoms with van der Waals surface area (Å²) in [5.74, 6) is 0. The molecule has 0 fully saturated rings. The maximum Gasteiger partial charge on any atom is 0.333 e. The highest BCUT2D eigenvalue weighted by Crippen LogP contribution is 2.54. The van der Waals surface area contributed by atoms with Crippen molar-refractivity contribution in [2.75, 3.05) is 4.81 Å². The van der Waals surface area contributed by atoms with Gasteiger partial charge in [0.25, 0.3) is 0 Å². The second kappa shape index (κ2) is 12.8. The summed E-state index contributed by atoms with van der Waals surface area (Å²) in [6.45, 7) is 20.7. The molecule has 14 rings (SSSR count). The van der Waals surface area contributed by atoms with Gasteiger partial charge < -0.3 is 13.8 Å². The molecule has 12 aromatic rings. The van der Waals surface area contributed by atoms with Gasteiger partial charge in [-0.15, -0.1) is 22.7 Å². The van der Waals surface area contributed by atoms with Crippen LogP contribution in [0.4, 0.5) is 11.4 Å². The van der Waals surface area contributed by atoms with Crippen molar-refractivity contribution in [2.45, 2.75) is 78.6 Å². The third-order valence-electron chi connectivity index (χ3n) is 15.0. The molecule has 0 radical (unpaired) electrons. The van der Waals surface area contributed by atoms with Gasteiger partial charge in [-0.1, -0.05) is 129 Å². The first kappa shape index (κ1) is 38.9. The minimum absolute atomic E-state index is 0.0213. The van der Waals surface area contributed by atoms with Crippen molar-refractivity contribution >= 4 is 136 Å². The molecule has 3 nitrogen and oxygen atoms in total. The van der Waals surface area contributed by atoms with E-state index in [0.717, 1.165) is 16.6 Å². The summed E-state index contributed by atoms with van der Waals surface area (Å²) >= 11 is 3.82. The number of aromatic nitrogens is 1. The normalized spacial score (nSPS) is 14.1. The summed E-state index contributed by atoms with van der Waals surface area (Å²) in [6, 6.07) is 51.8. The van der Waals surface area contributed by atoms with Gasteiger partial charge >= 0.3 is 6.85 Å². The lowest BCUT2D eigenvalue weighted by Crippen LogP contribution is -2.60. The number of hydrogen-bond donors (Lipinski definition) is 0. The molecular weight excluding hydrogens is 840 g/mol. The Kier molecular flexibility index (Phi) is 7.52. The van der Waals surface area contributed by atoms with E-state index >= 15 is 0 Å². The molecule has 0 unspecified atom stereocenters. The molecule has 0 bridgehead atoms. The topological polar surface area (TPSA) is 21.3 Å². The number of rotatable bonds is 1. The van der Waals surface area contributed by atoms with Crippen LogP contribution in [0, 0.1) is 0 Å². The van der Waals surface area contributed by atoms with E-state index in [0.29, 0.717) is 0 Å². The summed E-state index contributed by atoms with van der Waals surface area (Å²) in [5, 5.41) is 10.1. The predicted molar refractivity (Wildman–Crippen MR) is 289 cm³/mol. The van der Waals surface area contributed by atoms with Crippen molar-refractivity contribution in [2.24, 2.45) is 0 Å². The molecule has 8 aromatic carbocycles. The van der Waals surface area contributed by atoms with Gasteiger partial charge in [-0.05, 0) is 116 Å². The summed E-state index contributed by atoms with van der Waals surface area (Å²) < 4.78 is 15.1. The highest BCUT2D eigenvalue weighted by molar-refractivity contribution is 7.26. The van der Waals surface area contributed by atoms with Crippen LogP contribution in [-0.2, 0) is 16.2 Å².